The van der Waals surface area contributed by atoms with E-state index >= 15 is 0 Å². The van der Waals surface area contributed by atoms with Crippen molar-refractivity contribution in [3.63, 3.8) is 0 Å². The fourth-order valence-electron chi connectivity index (χ4n) is 1.22. The molecule has 15 heavy (non-hydrogen) atoms. The summed E-state index contributed by atoms with van der Waals surface area (Å²) in [5, 5.41) is 0. The van der Waals surface area contributed by atoms with Crippen LogP contribution < -0.4 is 0 Å². The van der Waals surface area contributed by atoms with Gasteiger partial charge in [-0.1, -0.05) is 17.7 Å². The third-order valence-corrected chi connectivity index (χ3v) is 2.37. The van der Waals surface area contributed by atoms with Crippen molar-refractivity contribution in [1.29, 1.82) is 0 Å². The van der Waals surface area contributed by atoms with Crippen LogP contribution in [0.25, 0.3) is 5.57 Å². The molecular formula is C12H13F3. The lowest BCUT2D eigenvalue weighted by molar-refractivity contribution is -0.137. The molecule has 0 aliphatic carbocycles. The molecule has 0 bridgehead atoms. The molecule has 0 nitrogen and oxygen atoms in total. The van der Waals surface area contributed by atoms with Crippen molar-refractivity contribution in [2.75, 3.05) is 0 Å². The maximum absolute atomic E-state index is 12.4. The van der Waals surface area contributed by atoms with Gasteiger partial charge in [0.05, 0.1) is 5.56 Å². The van der Waals surface area contributed by atoms with Crippen molar-refractivity contribution in [2.45, 2.75) is 26.9 Å². The van der Waals surface area contributed by atoms with Gasteiger partial charge in [0.15, 0.2) is 0 Å². The summed E-state index contributed by atoms with van der Waals surface area (Å²) < 4.78 is 37.2. The second-order valence-electron chi connectivity index (χ2n) is 3.70. The highest BCUT2D eigenvalue weighted by atomic mass is 19.4. The summed E-state index contributed by atoms with van der Waals surface area (Å²) >= 11 is 0. The molecule has 1 rings (SSSR count). The van der Waals surface area contributed by atoms with Gasteiger partial charge < -0.3 is 0 Å². The van der Waals surface area contributed by atoms with Crippen LogP contribution in [0.1, 0.15) is 31.9 Å². The summed E-state index contributed by atoms with van der Waals surface area (Å²) in [4.78, 5) is 0. The minimum Gasteiger partial charge on any atom is -0.166 e. The quantitative estimate of drug-likeness (QED) is 0.644. The van der Waals surface area contributed by atoms with E-state index in [1.54, 1.807) is 6.07 Å². The zero-order chi connectivity index (χ0) is 11.6. The zero-order valence-electron chi connectivity index (χ0n) is 8.94. The number of hydrogen-bond donors (Lipinski definition) is 0. The van der Waals surface area contributed by atoms with Crippen molar-refractivity contribution in [3.05, 3.63) is 41.0 Å². The number of rotatable bonds is 1. The second kappa shape index (κ2) is 4.09. The Morgan fingerprint density at radius 1 is 1.07 bits per heavy atom. The van der Waals surface area contributed by atoms with Gasteiger partial charge in [0.1, 0.15) is 0 Å². The summed E-state index contributed by atoms with van der Waals surface area (Å²) in [7, 11) is 0. The van der Waals surface area contributed by atoms with Gasteiger partial charge in [-0.25, -0.2) is 0 Å². The third-order valence-electron chi connectivity index (χ3n) is 2.37. The van der Waals surface area contributed by atoms with Crippen LogP contribution >= 0.6 is 0 Å². The smallest absolute Gasteiger partial charge is 0.166 e. The molecule has 1 aromatic carbocycles. The summed E-state index contributed by atoms with van der Waals surface area (Å²) in [6, 6.07) is 5.40. The van der Waals surface area contributed by atoms with Crippen LogP contribution in [-0.4, -0.2) is 0 Å². The molecule has 1 aromatic rings. The largest absolute Gasteiger partial charge is 0.416 e. The SMILES string of the molecule is CC(C)=C(C)c1cccc(C(F)(F)F)c1. The average molecular weight is 214 g/mol. The molecule has 0 N–H and O–H groups in total. The van der Waals surface area contributed by atoms with Gasteiger partial charge in [-0.15, -0.1) is 0 Å². The molecule has 0 spiro atoms. The minimum atomic E-state index is -4.27. The Bertz CT molecular complexity index is 382. The first-order valence-corrected chi connectivity index (χ1v) is 4.64. The summed E-state index contributed by atoms with van der Waals surface area (Å²) in [6.07, 6.45) is -4.27. The van der Waals surface area contributed by atoms with E-state index in [9.17, 15) is 13.2 Å². The van der Waals surface area contributed by atoms with Crippen LogP contribution in [0.4, 0.5) is 13.2 Å². The molecule has 0 atom stereocenters. The van der Waals surface area contributed by atoms with Crippen LogP contribution in [0.15, 0.2) is 29.8 Å². The van der Waals surface area contributed by atoms with Gasteiger partial charge in [0, 0.05) is 0 Å². The highest BCUT2D eigenvalue weighted by Gasteiger charge is 2.30. The Hall–Kier alpha value is -1.25. The average Bonchev–Trinajstić information content (AvgIpc) is 2.15. The molecule has 82 valence electrons. The number of benzene rings is 1. The number of halogens is 3. The predicted molar refractivity (Wildman–Crippen MR) is 55.4 cm³/mol. The van der Waals surface area contributed by atoms with Gasteiger partial charge >= 0.3 is 6.18 Å². The zero-order valence-corrected chi connectivity index (χ0v) is 8.94. The van der Waals surface area contributed by atoms with E-state index in [1.165, 1.54) is 12.1 Å². The number of allylic oxidation sites excluding steroid dienone is 2. The highest BCUT2D eigenvalue weighted by molar-refractivity contribution is 5.66. The van der Waals surface area contributed by atoms with E-state index in [0.717, 1.165) is 17.2 Å². The first-order chi connectivity index (χ1) is 6.82. The molecule has 0 unspecified atom stereocenters. The first-order valence-electron chi connectivity index (χ1n) is 4.64. The van der Waals surface area contributed by atoms with Crippen molar-refractivity contribution >= 4 is 5.57 Å². The Morgan fingerprint density at radius 3 is 2.13 bits per heavy atom. The van der Waals surface area contributed by atoms with Gasteiger partial charge in [-0.05, 0) is 44.0 Å². The molecule has 0 fully saturated rings. The molecule has 0 amide bonds. The van der Waals surface area contributed by atoms with Crippen LogP contribution in [0.2, 0.25) is 0 Å². The third kappa shape index (κ3) is 2.85. The van der Waals surface area contributed by atoms with Crippen LogP contribution in [-0.2, 0) is 6.18 Å². The van der Waals surface area contributed by atoms with E-state index in [1.807, 2.05) is 20.8 Å². The molecule has 0 heterocycles. The second-order valence-corrected chi connectivity index (χ2v) is 3.70. The number of hydrogen-bond acceptors (Lipinski definition) is 0. The summed E-state index contributed by atoms with van der Waals surface area (Å²) in [5.41, 5.74) is 1.95. The monoisotopic (exact) mass is 214 g/mol. The lowest BCUT2D eigenvalue weighted by Crippen LogP contribution is -2.04. The highest BCUT2D eigenvalue weighted by Crippen LogP contribution is 2.31. The van der Waals surface area contributed by atoms with Crippen LogP contribution in [0, 0.1) is 0 Å². The fourth-order valence-corrected chi connectivity index (χ4v) is 1.22. The van der Waals surface area contributed by atoms with E-state index in [0.29, 0.717) is 5.56 Å². The molecular weight excluding hydrogens is 201 g/mol. The van der Waals surface area contributed by atoms with Gasteiger partial charge in [-0.3, -0.25) is 0 Å². The molecule has 0 saturated heterocycles. The summed E-state index contributed by atoms with van der Waals surface area (Å²) in [6.45, 7) is 5.59. The molecule has 0 saturated carbocycles. The lowest BCUT2D eigenvalue weighted by atomic mass is 10.0. The van der Waals surface area contributed by atoms with E-state index in [4.69, 9.17) is 0 Å². The molecule has 0 aliphatic heterocycles. The Morgan fingerprint density at radius 2 is 1.67 bits per heavy atom. The van der Waals surface area contributed by atoms with Gasteiger partial charge in [0.25, 0.3) is 0 Å². The maximum atomic E-state index is 12.4. The van der Waals surface area contributed by atoms with Crippen molar-refractivity contribution in [2.24, 2.45) is 0 Å². The van der Waals surface area contributed by atoms with Crippen LogP contribution in [0.5, 0.6) is 0 Å². The normalized spacial score (nSPS) is 11.3. The van der Waals surface area contributed by atoms with Crippen molar-refractivity contribution in [1.82, 2.24) is 0 Å². The minimum absolute atomic E-state index is 0.597. The number of alkyl halides is 3. The Kier molecular flexibility index (Phi) is 3.22. The Balaban J connectivity index is 3.21. The van der Waals surface area contributed by atoms with Crippen molar-refractivity contribution in [3.8, 4) is 0 Å². The lowest BCUT2D eigenvalue weighted by Gasteiger charge is -2.09. The van der Waals surface area contributed by atoms with E-state index < -0.39 is 11.7 Å². The van der Waals surface area contributed by atoms with Gasteiger partial charge in [0.2, 0.25) is 0 Å². The molecule has 0 aromatic heterocycles. The molecule has 3 heteroatoms. The molecule has 0 radical (unpaired) electrons. The predicted octanol–water partition coefficient (Wildman–Crippen LogP) is 4.52. The van der Waals surface area contributed by atoms with Crippen molar-refractivity contribution < 1.29 is 13.2 Å². The maximum Gasteiger partial charge on any atom is 0.416 e. The van der Waals surface area contributed by atoms with E-state index in [2.05, 4.69) is 0 Å². The van der Waals surface area contributed by atoms with Crippen LogP contribution in [0.3, 0.4) is 0 Å². The topological polar surface area (TPSA) is 0 Å². The van der Waals surface area contributed by atoms with E-state index in [-0.39, 0.29) is 0 Å². The summed E-state index contributed by atoms with van der Waals surface area (Å²) in [5.74, 6) is 0. The standard InChI is InChI=1S/C12H13F3/c1-8(2)9(3)10-5-4-6-11(7-10)12(13,14)15/h4-7H,1-3H3. The first kappa shape index (κ1) is 11.8. The molecule has 0 aliphatic rings. The Labute approximate surface area is 87.4 Å². The fraction of sp³-hybridized carbons (Fsp3) is 0.333. The van der Waals surface area contributed by atoms with Gasteiger partial charge in [-0.2, -0.15) is 13.2 Å².